The zero-order valence-electron chi connectivity index (χ0n) is 10.9. The second-order valence-electron chi connectivity index (χ2n) is 4.73. The molecule has 96 valence electrons. The summed E-state index contributed by atoms with van der Waals surface area (Å²) in [5, 5.41) is 10.5. The van der Waals surface area contributed by atoms with Crippen LogP contribution in [0.3, 0.4) is 0 Å². The van der Waals surface area contributed by atoms with Crippen molar-refractivity contribution in [3.63, 3.8) is 0 Å². The maximum atomic E-state index is 9.43. The fourth-order valence-electron chi connectivity index (χ4n) is 2.44. The summed E-state index contributed by atoms with van der Waals surface area (Å²) in [6.45, 7) is 2.79. The number of aryl methyl sites for hydroxylation is 1. The van der Waals surface area contributed by atoms with Gasteiger partial charge in [0, 0.05) is 28.4 Å². The maximum Gasteiger partial charge on any atom is 0.0702 e. The summed E-state index contributed by atoms with van der Waals surface area (Å²) in [4.78, 5) is 4.53. The van der Waals surface area contributed by atoms with Gasteiger partial charge in [-0.2, -0.15) is 0 Å². The van der Waals surface area contributed by atoms with Crippen LogP contribution in [0.2, 0.25) is 0 Å². The predicted octanol–water partition coefficient (Wildman–Crippen LogP) is 2.89. The number of aromatic nitrogens is 2. The zero-order valence-corrected chi connectivity index (χ0v) is 10.9. The largest absolute Gasteiger partial charge is 0.392 e. The van der Waals surface area contributed by atoms with Crippen molar-refractivity contribution in [2.75, 3.05) is 0 Å². The number of benzene rings is 1. The van der Waals surface area contributed by atoms with Crippen LogP contribution in [0.4, 0.5) is 0 Å². The van der Waals surface area contributed by atoms with Crippen molar-refractivity contribution in [2.45, 2.75) is 20.1 Å². The van der Waals surface area contributed by atoms with Gasteiger partial charge in [0.15, 0.2) is 0 Å². The molecule has 0 aliphatic carbocycles. The lowest BCUT2D eigenvalue weighted by molar-refractivity contribution is 0.283. The van der Waals surface area contributed by atoms with Crippen molar-refractivity contribution in [3.05, 3.63) is 65.6 Å². The topological polar surface area (TPSA) is 38.0 Å². The minimum Gasteiger partial charge on any atom is -0.392 e. The molecule has 0 fully saturated rings. The molecule has 0 aliphatic rings. The predicted molar refractivity (Wildman–Crippen MR) is 75.9 cm³/mol. The third-order valence-electron chi connectivity index (χ3n) is 3.32. The van der Waals surface area contributed by atoms with Gasteiger partial charge in [0.2, 0.25) is 0 Å². The molecule has 0 saturated heterocycles. The van der Waals surface area contributed by atoms with Crippen molar-refractivity contribution in [1.82, 2.24) is 9.55 Å². The highest BCUT2D eigenvalue weighted by molar-refractivity contribution is 5.83. The smallest absolute Gasteiger partial charge is 0.0702 e. The Balaban J connectivity index is 2.06. The molecule has 1 N–H and O–H groups in total. The molecule has 0 amide bonds. The molecule has 0 radical (unpaired) electrons. The van der Waals surface area contributed by atoms with Crippen molar-refractivity contribution in [3.8, 4) is 0 Å². The lowest BCUT2D eigenvalue weighted by Gasteiger charge is -2.05. The summed E-state index contributed by atoms with van der Waals surface area (Å²) in [6.07, 6.45) is 2.01. The lowest BCUT2D eigenvalue weighted by atomic mass is 10.2. The van der Waals surface area contributed by atoms with E-state index in [1.807, 2.05) is 49.5 Å². The number of para-hydroxylation sites is 1. The van der Waals surface area contributed by atoms with E-state index in [1.165, 1.54) is 0 Å². The molecule has 0 atom stereocenters. The lowest BCUT2D eigenvalue weighted by Crippen LogP contribution is -2.01. The van der Waals surface area contributed by atoms with E-state index in [2.05, 4.69) is 15.6 Å². The first-order chi connectivity index (χ1) is 9.28. The van der Waals surface area contributed by atoms with E-state index < -0.39 is 0 Å². The first kappa shape index (κ1) is 11.9. The van der Waals surface area contributed by atoms with Gasteiger partial charge in [-0.1, -0.05) is 24.3 Å². The van der Waals surface area contributed by atoms with Gasteiger partial charge < -0.3 is 9.67 Å². The Morgan fingerprint density at radius 2 is 1.95 bits per heavy atom. The van der Waals surface area contributed by atoms with Crippen molar-refractivity contribution >= 4 is 10.9 Å². The van der Waals surface area contributed by atoms with E-state index in [9.17, 15) is 5.11 Å². The third kappa shape index (κ3) is 2.25. The molecule has 0 aliphatic heterocycles. The maximum absolute atomic E-state index is 9.43. The number of fused-ring (bicyclic) bond motifs is 1. The highest BCUT2D eigenvalue weighted by atomic mass is 16.3. The Labute approximate surface area is 112 Å². The van der Waals surface area contributed by atoms with Crippen molar-refractivity contribution in [2.24, 2.45) is 0 Å². The first-order valence-corrected chi connectivity index (χ1v) is 6.38. The molecule has 3 aromatic rings. The summed E-state index contributed by atoms with van der Waals surface area (Å²) in [5.74, 6) is 0. The summed E-state index contributed by atoms with van der Waals surface area (Å²) in [7, 11) is 0. The van der Waals surface area contributed by atoms with Crippen LogP contribution in [0, 0.1) is 6.92 Å². The first-order valence-electron chi connectivity index (χ1n) is 6.38. The standard InChI is InChI=1S/C16H16N2O/c1-12-5-4-6-14(17-12)10-18-9-13(11-19)15-7-2-3-8-16(15)18/h2-9,19H,10-11H2,1H3. The van der Waals surface area contributed by atoms with E-state index in [0.717, 1.165) is 34.4 Å². The number of aliphatic hydroxyl groups is 1. The summed E-state index contributed by atoms with van der Waals surface area (Å²) >= 11 is 0. The second kappa shape index (κ2) is 4.86. The number of hydrogen-bond donors (Lipinski definition) is 1. The van der Waals surface area contributed by atoms with Crippen LogP contribution in [0.15, 0.2) is 48.7 Å². The molecule has 3 heteroatoms. The Morgan fingerprint density at radius 1 is 1.11 bits per heavy atom. The van der Waals surface area contributed by atoms with Gasteiger partial charge in [-0.25, -0.2) is 0 Å². The average Bonchev–Trinajstić information content (AvgIpc) is 2.77. The van der Waals surface area contributed by atoms with Crippen LogP contribution in [0.25, 0.3) is 10.9 Å². The van der Waals surface area contributed by atoms with Gasteiger partial charge in [-0.05, 0) is 25.1 Å². The molecule has 2 heterocycles. The molecule has 2 aromatic heterocycles. The SMILES string of the molecule is Cc1cccc(Cn2cc(CO)c3ccccc32)n1. The van der Waals surface area contributed by atoms with E-state index in [4.69, 9.17) is 0 Å². The summed E-state index contributed by atoms with van der Waals surface area (Å²) in [5.41, 5.74) is 4.15. The van der Waals surface area contributed by atoms with E-state index >= 15 is 0 Å². The molecule has 19 heavy (non-hydrogen) atoms. The monoisotopic (exact) mass is 252 g/mol. The van der Waals surface area contributed by atoms with Gasteiger partial charge in [0.1, 0.15) is 0 Å². The summed E-state index contributed by atoms with van der Waals surface area (Å²) in [6, 6.07) is 14.2. The average molecular weight is 252 g/mol. The molecule has 0 unspecified atom stereocenters. The number of aliphatic hydroxyl groups excluding tert-OH is 1. The fourth-order valence-corrected chi connectivity index (χ4v) is 2.44. The number of pyridine rings is 1. The van der Waals surface area contributed by atoms with Crippen molar-refractivity contribution in [1.29, 1.82) is 0 Å². The van der Waals surface area contributed by atoms with Crippen LogP contribution in [-0.2, 0) is 13.2 Å². The molecule has 0 bridgehead atoms. The summed E-state index contributed by atoms with van der Waals surface area (Å²) < 4.78 is 2.14. The molecule has 0 spiro atoms. The number of rotatable bonds is 3. The van der Waals surface area contributed by atoms with Crippen molar-refractivity contribution < 1.29 is 5.11 Å². The van der Waals surface area contributed by atoms with Gasteiger partial charge >= 0.3 is 0 Å². The van der Waals surface area contributed by atoms with Crippen LogP contribution in [0.5, 0.6) is 0 Å². The molecular weight excluding hydrogens is 236 g/mol. The van der Waals surface area contributed by atoms with Gasteiger partial charge in [0.05, 0.1) is 18.8 Å². The highest BCUT2D eigenvalue weighted by Gasteiger charge is 2.07. The molecule has 1 aromatic carbocycles. The van der Waals surface area contributed by atoms with Gasteiger partial charge in [0.25, 0.3) is 0 Å². The van der Waals surface area contributed by atoms with Crippen LogP contribution < -0.4 is 0 Å². The minimum atomic E-state index is 0.0642. The van der Waals surface area contributed by atoms with Crippen LogP contribution in [-0.4, -0.2) is 14.7 Å². The molecule has 3 nitrogen and oxygen atoms in total. The zero-order chi connectivity index (χ0) is 13.2. The third-order valence-corrected chi connectivity index (χ3v) is 3.32. The molecule has 0 saturated carbocycles. The molecular formula is C16H16N2O. The molecule has 3 rings (SSSR count). The quantitative estimate of drug-likeness (QED) is 0.778. The fraction of sp³-hybridized carbons (Fsp3) is 0.188. The Bertz CT molecular complexity index is 716. The Kier molecular flexibility index (Phi) is 3.05. The van der Waals surface area contributed by atoms with E-state index in [-0.39, 0.29) is 6.61 Å². The Hall–Kier alpha value is -2.13. The van der Waals surface area contributed by atoms with Gasteiger partial charge in [-0.3, -0.25) is 4.98 Å². The van der Waals surface area contributed by atoms with Crippen LogP contribution >= 0.6 is 0 Å². The normalized spacial score (nSPS) is 11.1. The Morgan fingerprint density at radius 3 is 2.74 bits per heavy atom. The van der Waals surface area contributed by atoms with E-state index in [0.29, 0.717) is 0 Å². The van der Waals surface area contributed by atoms with Gasteiger partial charge in [-0.15, -0.1) is 0 Å². The highest BCUT2D eigenvalue weighted by Crippen LogP contribution is 2.22. The van der Waals surface area contributed by atoms with Crippen LogP contribution in [0.1, 0.15) is 17.0 Å². The number of nitrogens with zero attached hydrogens (tertiary/aromatic N) is 2. The van der Waals surface area contributed by atoms with E-state index in [1.54, 1.807) is 0 Å². The minimum absolute atomic E-state index is 0.0642. The second-order valence-corrected chi connectivity index (χ2v) is 4.73. The number of hydrogen-bond acceptors (Lipinski definition) is 2.